The lowest BCUT2D eigenvalue weighted by atomic mass is 10.2. The molecule has 0 aromatic heterocycles. The Morgan fingerprint density at radius 1 is 1.19 bits per heavy atom. The number of nitrogens with zero attached hydrogens (tertiary/aromatic N) is 1. The van der Waals surface area contributed by atoms with Crippen LogP contribution >= 0.6 is 0 Å². The minimum absolute atomic E-state index is 0.333. The highest BCUT2D eigenvalue weighted by Crippen LogP contribution is 2.18. The van der Waals surface area contributed by atoms with E-state index in [2.05, 4.69) is 0 Å². The monoisotopic (exact) mass is 394 g/mol. The molecular formula is C18H19FN2O5S. The molecule has 0 saturated carbocycles. The molecule has 1 amide bonds. The Morgan fingerprint density at radius 3 is 2.37 bits per heavy atom. The third kappa shape index (κ3) is 4.89. The van der Waals surface area contributed by atoms with Gasteiger partial charge in [0.2, 0.25) is 10.0 Å². The fraction of sp³-hybridized carbons (Fsp3) is 0.222. The second-order valence-electron chi connectivity index (χ2n) is 5.65. The van der Waals surface area contributed by atoms with Crippen molar-refractivity contribution in [3.63, 3.8) is 0 Å². The molecule has 0 spiro atoms. The van der Waals surface area contributed by atoms with Gasteiger partial charge in [-0.1, -0.05) is 18.2 Å². The highest BCUT2D eigenvalue weighted by Gasteiger charge is 2.26. The number of esters is 1. The second kappa shape index (κ2) is 8.28. The van der Waals surface area contributed by atoms with Crippen molar-refractivity contribution in [3.05, 3.63) is 59.9 Å². The normalized spacial score (nSPS) is 12.3. The van der Waals surface area contributed by atoms with Gasteiger partial charge in [-0.15, -0.1) is 0 Å². The van der Waals surface area contributed by atoms with Crippen LogP contribution in [-0.2, 0) is 19.6 Å². The summed E-state index contributed by atoms with van der Waals surface area (Å²) in [5, 5.41) is 4.98. The summed E-state index contributed by atoms with van der Waals surface area (Å²) in [4.78, 5) is 25.8. The summed E-state index contributed by atoms with van der Waals surface area (Å²) in [6.07, 6.45) is -1.21. The average Bonchev–Trinajstić information content (AvgIpc) is 2.62. The first-order chi connectivity index (χ1) is 12.6. The third-order valence-corrected chi connectivity index (χ3v) is 4.68. The molecule has 2 N–H and O–H groups in total. The molecule has 0 bridgehead atoms. The molecule has 0 heterocycles. The van der Waals surface area contributed by atoms with E-state index in [1.54, 1.807) is 37.3 Å². The molecule has 9 heteroatoms. The van der Waals surface area contributed by atoms with Gasteiger partial charge in [0.25, 0.3) is 5.91 Å². The fourth-order valence-electron chi connectivity index (χ4n) is 2.41. The van der Waals surface area contributed by atoms with Crippen LogP contribution in [0.2, 0.25) is 0 Å². The number of benzene rings is 2. The number of carbonyl (C=O) groups is 2. The van der Waals surface area contributed by atoms with E-state index in [4.69, 9.17) is 9.88 Å². The van der Waals surface area contributed by atoms with Crippen LogP contribution in [0.15, 0.2) is 53.4 Å². The van der Waals surface area contributed by atoms with E-state index >= 15 is 0 Å². The lowest BCUT2D eigenvalue weighted by molar-refractivity contribution is -0.126. The number of hydrogen-bond acceptors (Lipinski definition) is 5. The topological polar surface area (TPSA) is 107 Å². The number of primary sulfonamides is 1. The van der Waals surface area contributed by atoms with E-state index in [9.17, 15) is 22.4 Å². The van der Waals surface area contributed by atoms with E-state index in [0.29, 0.717) is 12.2 Å². The van der Waals surface area contributed by atoms with Gasteiger partial charge in [0, 0.05) is 12.2 Å². The standard InChI is InChI=1S/C18H19FN2O5S/c1-3-21(13-7-5-4-6-8-13)17(22)12(2)26-18(23)15-11-14(27(20,24)25)9-10-16(15)19/h4-12H,3H2,1-2H3,(H2,20,24,25)/t12-/m0/s1. The summed E-state index contributed by atoms with van der Waals surface area (Å²) in [6.45, 7) is 3.45. The Labute approximate surface area is 156 Å². The maximum Gasteiger partial charge on any atom is 0.341 e. The number of halogens is 1. The average molecular weight is 394 g/mol. The van der Waals surface area contributed by atoms with Crippen LogP contribution in [0, 0.1) is 5.82 Å². The van der Waals surface area contributed by atoms with Gasteiger partial charge in [0.05, 0.1) is 10.5 Å². The van der Waals surface area contributed by atoms with Crippen molar-refractivity contribution >= 4 is 27.6 Å². The number of carbonyl (C=O) groups excluding carboxylic acids is 2. The molecule has 0 saturated heterocycles. The fourth-order valence-corrected chi connectivity index (χ4v) is 2.95. The van der Waals surface area contributed by atoms with Gasteiger partial charge in [0.15, 0.2) is 6.10 Å². The van der Waals surface area contributed by atoms with E-state index in [1.807, 2.05) is 0 Å². The van der Waals surface area contributed by atoms with Gasteiger partial charge in [-0.05, 0) is 44.2 Å². The number of para-hydroxylation sites is 1. The summed E-state index contributed by atoms with van der Waals surface area (Å²) in [7, 11) is -4.12. The van der Waals surface area contributed by atoms with Crippen molar-refractivity contribution in [2.24, 2.45) is 5.14 Å². The Balaban J connectivity index is 2.21. The number of sulfonamides is 1. The van der Waals surface area contributed by atoms with Crippen molar-refractivity contribution in [1.82, 2.24) is 0 Å². The first kappa shape index (κ1) is 20.5. The molecule has 2 aromatic rings. The maximum absolute atomic E-state index is 13.9. The number of amides is 1. The van der Waals surface area contributed by atoms with Gasteiger partial charge in [-0.2, -0.15) is 0 Å². The highest BCUT2D eigenvalue weighted by molar-refractivity contribution is 7.89. The second-order valence-corrected chi connectivity index (χ2v) is 7.21. The summed E-state index contributed by atoms with van der Waals surface area (Å²) in [6, 6.07) is 11.3. The zero-order valence-corrected chi connectivity index (χ0v) is 15.6. The highest BCUT2D eigenvalue weighted by atomic mass is 32.2. The lowest BCUT2D eigenvalue weighted by Gasteiger charge is -2.24. The molecule has 7 nitrogen and oxygen atoms in total. The quantitative estimate of drug-likeness (QED) is 0.755. The van der Waals surface area contributed by atoms with Crippen molar-refractivity contribution in [1.29, 1.82) is 0 Å². The Morgan fingerprint density at radius 2 is 1.81 bits per heavy atom. The number of likely N-dealkylation sites (N-methyl/N-ethyl adjacent to an activating group) is 1. The Bertz CT molecular complexity index is 947. The maximum atomic E-state index is 13.9. The van der Waals surface area contributed by atoms with Gasteiger partial charge in [0.1, 0.15) is 5.82 Å². The van der Waals surface area contributed by atoms with Crippen molar-refractivity contribution in [2.75, 3.05) is 11.4 Å². The molecule has 2 rings (SSSR count). The summed E-state index contributed by atoms with van der Waals surface area (Å²) in [5.74, 6) is -2.65. The first-order valence-corrected chi connectivity index (χ1v) is 9.59. The van der Waals surface area contributed by atoms with Crippen LogP contribution in [0.3, 0.4) is 0 Å². The molecule has 144 valence electrons. The number of nitrogens with two attached hydrogens (primary N) is 1. The molecular weight excluding hydrogens is 375 g/mol. The minimum Gasteiger partial charge on any atom is -0.449 e. The Hall–Kier alpha value is -2.78. The molecule has 0 radical (unpaired) electrons. The molecule has 0 aliphatic heterocycles. The number of hydrogen-bond donors (Lipinski definition) is 1. The minimum atomic E-state index is -4.12. The van der Waals surface area contributed by atoms with Gasteiger partial charge in [-0.25, -0.2) is 22.7 Å². The zero-order valence-electron chi connectivity index (χ0n) is 14.8. The third-order valence-electron chi connectivity index (χ3n) is 3.77. The van der Waals surface area contributed by atoms with E-state index < -0.39 is 44.3 Å². The molecule has 1 atom stereocenters. The van der Waals surface area contributed by atoms with E-state index in [-0.39, 0.29) is 0 Å². The van der Waals surface area contributed by atoms with Gasteiger partial charge >= 0.3 is 5.97 Å². The summed E-state index contributed by atoms with van der Waals surface area (Å²) in [5.41, 5.74) is -0.000707. The SMILES string of the molecule is CCN(C(=O)[C@H](C)OC(=O)c1cc(S(N)(=O)=O)ccc1F)c1ccccc1. The smallest absolute Gasteiger partial charge is 0.341 e. The van der Waals surface area contributed by atoms with Crippen LogP contribution in [-0.4, -0.2) is 32.9 Å². The van der Waals surface area contributed by atoms with Gasteiger partial charge in [-0.3, -0.25) is 4.79 Å². The molecule has 0 aliphatic rings. The van der Waals surface area contributed by atoms with E-state index in [0.717, 1.165) is 18.2 Å². The van der Waals surface area contributed by atoms with Crippen LogP contribution in [0.5, 0.6) is 0 Å². The predicted octanol–water partition coefficient (Wildman–Crippen LogP) is 2.07. The molecule has 27 heavy (non-hydrogen) atoms. The van der Waals surface area contributed by atoms with Crippen LogP contribution < -0.4 is 10.0 Å². The predicted molar refractivity (Wildman–Crippen MR) is 97.1 cm³/mol. The van der Waals surface area contributed by atoms with Crippen LogP contribution in [0.4, 0.5) is 10.1 Å². The zero-order chi connectivity index (χ0) is 20.2. The van der Waals surface area contributed by atoms with Crippen LogP contribution in [0.1, 0.15) is 24.2 Å². The summed E-state index contributed by atoms with van der Waals surface area (Å²) < 4.78 is 41.7. The molecule has 0 unspecified atom stereocenters. The lowest BCUT2D eigenvalue weighted by Crippen LogP contribution is -2.40. The largest absolute Gasteiger partial charge is 0.449 e. The van der Waals surface area contributed by atoms with Crippen molar-refractivity contribution < 1.29 is 27.1 Å². The molecule has 0 fully saturated rings. The number of ether oxygens (including phenoxy) is 1. The van der Waals surface area contributed by atoms with Crippen molar-refractivity contribution in [2.45, 2.75) is 24.8 Å². The van der Waals surface area contributed by atoms with E-state index in [1.165, 1.54) is 11.8 Å². The van der Waals surface area contributed by atoms with Gasteiger partial charge < -0.3 is 9.64 Å². The Kier molecular flexibility index (Phi) is 6.29. The summed E-state index contributed by atoms with van der Waals surface area (Å²) >= 11 is 0. The number of anilines is 1. The molecule has 0 aliphatic carbocycles. The van der Waals surface area contributed by atoms with Crippen molar-refractivity contribution in [3.8, 4) is 0 Å². The molecule has 2 aromatic carbocycles. The van der Waals surface area contributed by atoms with Crippen LogP contribution in [0.25, 0.3) is 0 Å². The number of rotatable bonds is 6. The first-order valence-electron chi connectivity index (χ1n) is 8.05.